The molecule has 0 bridgehead atoms. The first-order valence-electron chi connectivity index (χ1n) is 6.21. The van der Waals surface area contributed by atoms with Crippen LogP contribution in [0.5, 0.6) is 0 Å². The Hall–Kier alpha value is -0.980. The highest BCUT2D eigenvalue weighted by atomic mass is 15.2. The number of hydrogen-bond donors (Lipinski definition) is 0. The molecule has 1 aliphatic rings. The molecule has 0 atom stereocenters. The molecule has 0 radical (unpaired) electrons. The molecule has 0 amide bonds. The maximum Gasteiger partial charge on any atom is 0.0410 e. The lowest BCUT2D eigenvalue weighted by Crippen LogP contribution is -2.33. The van der Waals surface area contributed by atoms with E-state index in [4.69, 9.17) is 0 Å². The van der Waals surface area contributed by atoms with Crippen molar-refractivity contribution >= 4 is 5.69 Å². The molecular formula is C15H23N. The van der Waals surface area contributed by atoms with Crippen molar-refractivity contribution in [2.45, 2.75) is 53.0 Å². The number of anilines is 1. The van der Waals surface area contributed by atoms with Crippen LogP contribution in [0.25, 0.3) is 0 Å². The summed E-state index contributed by atoms with van der Waals surface area (Å²) in [6.45, 7) is 14.8. The van der Waals surface area contributed by atoms with Gasteiger partial charge in [-0.2, -0.15) is 0 Å². The predicted octanol–water partition coefficient (Wildman–Crippen LogP) is 3.81. The van der Waals surface area contributed by atoms with Crippen LogP contribution in [0, 0.1) is 13.8 Å². The fraction of sp³-hybridized carbons (Fsp3) is 0.600. The Bertz CT molecular complexity index is 416. The highest BCUT2D eigenvalue weighted by Crippen LogP contribution is 2.42. The minimum absolute atomic E-state index is 0.290. The van der Waals surface area contributed by atoms with Crippen molar-refractivity contribution in [1.82, 2.24) is 0 Å². The zero-order chi connectivity index (χ0) is 12.1. The monoisotopic (exact) mass is 217 g/mol. The molecule has 1 heterocycles. The minimum Gasteiger partial charge on any atom is -0.368 e. The summed E-state index contributed by atoms with van der Waals surface area (Å²) in [5.74, 6) is 0. The zero-order valence-electron chi connectivity index (χ0n) is 11.4. The van der Waals surface area contributed by atoms with Gasteiger partial charge in [0.1, 0.15) is 0 Å². The van der Waals surface area contributed by atoms with Crippen molar-refractivity contribution in [3.63, 3.8) is 0 Å². The van der Waals surface area contributed by atoms with Crippen LogP contribution in [0.3, 0.4) is 0 Å². The SMILES string of the molecule is Cc1cc2c(cc1C)C(C)(C)CN2C(C)C. The maximum absolute atomic E-state index is 2.53. The zero-order valence-corrected chi connectivity index (χ0v) is 11.4. The summed E-state index contributed by atoms with van der Waals surface area (Å²) in [7, 11) is 0. The Morgan fingerprint density at radius 2 is 1.69 bits per heavy atom. The first-order chi connectivity index (χ1) is 7.33. The number of rotatable bonds is 1. The van der Waals surface area contributed by atoms with Gasteiger partial charge in [-0.15, -0.1) is 0 Å². The van der Waals surface area contributed by atoms with Crippen LogP contribution in [-0.4, -0.2) is 12.6 Å². The first-order valence-corrected chi connectivity index (χ1v) is 6.21. The van der Waals surface area contributed by atoms with Crippen molar-refractivity contribution < 1.29 is 0 Å². The van der Waals surface area contributed by atoms with Crippen molar-refractivity contribution in [3.8, 4) is 0 Å². The van der Waals surface area contributed by atoms with Crippen LogP contribution in [0.15, 0.2) is 12.1 Å². The van der Waals surface area contributed by atoms with Crippen LogP contribution >= 0.6 is 0 Å². The number of nitrogens with zero attached hydrogens (tertiary/aromatic N) is 1. The van der Waals surface area contributed by atoms with Gasteiger partial charge in [-0.05, 0) is 50.5 Å². The molecule has 0 saturated heterocycles. The van der Waals surface area contributed by atoms with Crippen molar-refractivity contribution in [3.05, 3.63) is 28.8 Å². The molecule has 0 unspecified atom stereocenters. The van der Waals surface area contributed by atoms with Crippen molar-refractivity contribution in [2.24, 2.45) is 0 Å². The number of aryl methyl sites for hydroxylation is 2. The van der Waals surface area contributed by atoms with Gasteiger partial charge < -0.3 is 4.90 Å². The van der Waals surface area contributed by atoms with E-state index in [1.54, 1.807) is 0 Å². The van der Waals surface area contributed by atoms with E-state index in [1.807, 2.05) is 0 Å². The van der Waals surface area contributed by atoms with Crippen LogP contribution in [0.2, 0.25) is 0 Å². The average Bonchev–Trinajstić information content (AvgIpc) is 2.41. The fourth-order valence-electron chi connectivity index (χ4n) is 2.64. The summed E-state index contributed by atoms with van der Waals surface area (Å²) in [6.07, 6.45) is 0. The molecule has 0 aliphatic carbocycles. The second kappa shape index (κ2) is 3.51. The molecule has 16 heavy (non-hydrogen) atoms. The normalized spacial score (nSPS) is 18.1. The van der Waals surface area contributed by atoms with E-state index in [2.05, 4.69) is 58.6 Å². The largest absolute Gasteiger partial charge is 0.368 e. The summed E-state index contributed by atoms with van der Waals surface area (Å²) in [4.78, 5) is 2.53. The average molecular weight is 217 g/mol. The predicted molar refractivity (Wildman–Crippen MR) is 71.4 cm³/mol. The summed E-state index contributed by atoms with van der Waals surface area (Å²) in [5.41, 5.74) is 6.07. The Morgan fingerprint density at radius 3 is 2.25 bits per heavy atom. The van der Waals surface area contributed by atoms with E-state index in [9.17, 15) is 0 Å². The first kappa shape index (κ1) is 11.5. The van der Waals surface area contributed by atoms with Crippen LogP contribution in [0.1, 0.15) is 44.4 Å². The minimum atomic E-state index is 0.290. The molecule has 1 aromatic carbocycles. The van der Waals surface area contributed by atoms with Crippen LogP contribution in [0.4, 0.5) is 5.69 Å². The molecule has 1 nitrogen and oxygen atoms in total. The quantitative estimate of drug-likeness (QED) is 0.691. The molecule has 1 heteroatoms. The van der Waals surface area contributed by atoms with Gasteiger partial charge in [-0.25, -0.2) is 0 Å². The maximum atomic E-state index is 2.53. The molecule has 2 rings (SSSR count). The Kier molecular flexibility index (Phi) is 2.52. The Balaban J connectivity index is 2.59. The van der Waals surface area contributed by atoms with Crippen molar-refractivity contribution in [1.29, 1.82) is 0 Å². The smallest absolute Gasteiger partial charge is 0.0410 e. The van der Waals surface area contributed by atoms with Gasteiger partial charge in [0.15, 0.2) is 0 Å². The van der Waals surface area contributed by atoms with Gasteiger partial charge in [0.2, 0.25) is 0 Å². The lowest BCUT2D eigenvalue weighted by Gasteiger charge is -2.26. The van der Waals surface area contributed by atoms with Gasteiger partial charge in [0.05, 0.1) is 0 Å². The van der Waals surface area contributed by atoms with Crippen LogP contribution < -0.4 is 4.90 Å². The number of fused-ring (bicyclic) bond motifs is 1. The van der Waals surface area contributed by atoms with Gasteiger partial charge in [0, 0.05) is 23.7 Å². The van der Waals surface area contributed by atoms with Crippen molar-refractivity contribution in [2.75, 3.05) is 11.4 Å². The molecule has 0 aromatic heterocycles. The van der Waals surface area contributed by atoms with Gasteiger partial charge in [0.25, 0.3) is 0 Å². The van der Waals surface area contributed by atoms with E-state index in [0.29, 0.717) is 6.04 Å². The molecule has 0 fully saturated rings. The second-order valence-electron chi connectivity index (χ2n) is 6.06. The third kappa shape index (κ3) is 1.63. The second-order valence-corrected chi connectivity index (χ2v) is 6.06. The highest BCUT2D eigenvalue weighted by Gasteiger charge is 2.36. The van der Waals surface area contributed by atoms with Gasteiger partial charge in [-0.3, -0.25) is 0 Å². The fourth-order valence-corrected chi connectivity index (χ4v) is 2.64. The Morgan fingerprint density at radius 1 is 1.12 bits per heavy atom. The lowest BCUT2D eigenvalue weighted by atomic mass is 9.85. The molecular weight excluding hydrogens is 194 g/mol. The van der Waals surface area contributed by atoms with E-state index in [1.165, 1.54) is 22.4 Å². The van der Waals surface area contributed by atoms with Crippen LogP contribution in [-0.2, 0) is 5.41 Å². The number of hydrogen-bond acceptors (Lipinski definition) is 1. The van der Waals surface area contributed by atoms with E-state index < -0.39 is 0 Å². The molecule has 1 aliphatic heterocycles. The standard InChI is InChI=1S/C15H23N/c1-10(2)16-9-15(5,6)13-7-11(3)12(4)8-14(13)16/h7-8,10H,9H2,1-6H3. The Labute approximate surface area is 99.5 Å². The van der Waals surface area contributed by atoms with E-state index >= 15 is 0 Å². The molecule has 0 saturated carbocycles. The highest BCUT2D eigenvalue weighted by molar-refractivity contribution is 5.65. The number of benzene rings is 1. The van der Waals surface area contributed by atoms with Gasteiger partial charge in [-0.1, -0.05) is 19.9 Å². The van der Waals surface area contributed by atoms with Gasteiger partial charge >= 0.3 is 0 Å². The van der Waals surface area contributed by atoms with E-state index in [0.717, 1.165) is 6.54 Å². The topological polar surface area (TPSA) is 3.24 Å². The third-order valence-electron chi connectivity index (χ3n) is 3.84. The molecule has 0 N–H and O–H groups in total. The molecule has 1 aromatic rings. The lowest BCUT2D eigenvalue weighted by molar-refractivity contribution is 0.531. The third-order valence-corrected chi connectivity index (χ3v) is 3.84. The summed E-state index contributed by atoms with van der Waals surface area (Å²) in [6, 6.07) is 5.33. The van der Waals surface area contributed by atoms with E-state index in [-0.39, 0.29) is 5.41 Å². The molecule has 88 valence electrons. The molecule has 0 spiro atoms. The summed E-state index contributed by atoms with van der Waals surface area (Å²) in [5, 5.41) is 0. The summed E-state index contributed by atoms with van der Waals surface area (Å²) < 4.78 is 0. The summed E-state index contributed by atoms with van der Waals surface area (Å²) >= 11 is 0.